The molecule has 1 aromatic carbocycles. The van der Waals surface area contributed by atoms with Crippen molar-refractivity contribution in [3.63, 3.8) is 0 Å². The molecule has 1 unspecified atom stereocenters. The molecule has 0 aliphatic rings. The normalized spacial score (nSPS) is 13.3. The lowest BCUT2D eigenvalue weighted by Crippen LogP contribution is -2.22. The van der Waals surface area contributed by atoms with E-state index in [0.717, 1.165) is 4.90 Å². The maximum absolute atomic E-state index is 12.6. The van der Waals surface area contributed by atoms with Gasteiger partial charge in [0.25, 0.3) is 0 Å². The van der Waals surface area contributed by atoms with E-state index in [2.05, 4.69) is 10.3 Å². The summed E-state index contributed by atoms with van der Waals surface area (Å²) in [6, 6.07) is 9.67. The topological polar surface area (TPSA) is 24.9 Å². The molecule has 0 saturated carbocycles. The minimum Gasteiger partial charge on any atom is -0.309 e. The Labute approximate surface area is 129 Å². The molecule has 0 bridgehead atoms. The van der Waals surface area contributed by atoms with E-state index in [1.165, 1.54) is 6.20 Å². The quantitative estimate of drug-likeness (QED) is 0.782. The summed E-state index contributed by atoms with van der Waals surface area (Å²) in [5, 5.41) is 2.43. The van der Waals surface area contributed by atoms with Crippen molar-refractivity contribution in [2.45, 2.75) is 24.0 Å². The van der Waals surface area contributed by atoms with Crippen LogP contribution in [-0.2, 0) is 6.18 Å². The van der Waals surface area contributed by atoms with Gasteiger partial charge in [0.1, 0.15) is 0 Å². The summed E-state index contributed by atoms with van der Waals surface area (Å²) in [6.45, 7) is 2.63. The van der Waals surface area contributed by atoms with Gasteiger partial charge in [-0.05, 0) is 18.7 Å². The fraction of sp³-hybridized carbons (Fsp3) is 0.357. The minimum absolute atomic E-state index is 0.131. The molecule has 1 aromatic heterocycles. The van der Waals surface area contributed by atoms with E-state index in [-0.39, 0.29) is 6.04 Å². The smallest absolute Gasteiger partial charge is 0.309 e. The van der Waals surface area contributed by atoms with Gasteiger partial charge in [-0.3, -0.25) is 0 Å². The fourth-order valence-corrected chi connectivity index (χ4v) is 3.73. The van der Waals surface area contributed by atoms with Gasteiger partial charge >= 0.3 is 6.18 Å². The monoisotopic (exact) mass is 332 g/mol. The number of halogens is 3. The van der Waals surface area contributed by atoms with Crippen molar-refractivity contribution < 1.29 is 13.2 Å². The van der Waals surface area contributed by atoms with Crippen molar-refractivity contribution >= 4 is 23.1 Å². The lowest BCUT2D eigenvalue weighted by atomic mass is 10.3. The standard InChI is InChI=1S/C14H15F3N2S2/c1-2-18-11(9-20-10-6-4-3-5-7-10)12-8-19-13(21-12)14(15,16)17/h3-8,11,18H,2,9H2,1H3. The van der Waals surface area contributed by atoms with Gasteiger partial charge in [0.05, 0.1) is 6.04 Å². The number of alkyl halides is 3. The number of thiazole rings is 1. The Bertz CT molecular complexity index is 555. The van der Waals surface area contributed by atoms with Gasteiger partial charge in [0.15, 0.2) is 5.01 Å². The van der Waals surface area contributed by atoms with Gasteiger partial charge < -0.3 is 5.32 Å². The van der Waals surface area contributed by atoms with Crippen LogP contribution in [0.2, 0.25) is 0 Å². The lowest BCUT2D eigenvalue weighted by molar-refractivity contribution is -0.137. The Balaban J connectivity index is 2.06. The highest BCUT2D eigenvalue weighted by Crippen LogP contribution is 2.35. The van der Waals surface area contributed by atoms with Crippen LogP contribution in [0.3, 0.4) is 0 Å². The van der Waals surface area contributed by atoms with Crippen LogP contribution in [-0.4, -0.2) is 17.3 Å². The molecule has 21 heavy (non-hydrogen) atoms. The molecule has 0 radical (unpaired) electrons. The number of thioether (sulfide) groups is 1. The van der Waals surface area contributed by atoms with Crippen molar-refractivity contribution in [1.29, 1.82) is 0 Å². The summed E-state index contributed by atoms with van der Waals surface area (Å²) in [7, 11) is 0. The zero-order valence-electron chi connectivity index (χ0n) is 11.4. The maximum atomic E-state index is 12.6. The zero-order valence-corrected chi connectivity index (χ0v) is 13.0. The molecule has 0 aliphatic heterocycles. The molecule has 1 heterocycles. The molecule has 7 heteroatoms. The third-order valence-corrected chi connectivity index (χ3v) is 4.98. The van der Waals surface area contributed by atoms with Crippen LogP contribution in [0.15, 0.2) is 41.4 Å². The van der Waals surface area contributed by atoms with Crippen molar-refractivity contribution in [2.24, 2.45) is 0 Å². The van der Waals surface area contributed by atoms with Gasteiger partial charge in [-0.15, -0.1) is 23.1 Å². The van der Waals surface area contributed by atoms with Gasteiger partial charge in [0, 0.05) is 21.7 Å². The molecule has 0 saturated heterocycles. The van der Waals surface area contributed by atoms with E-state index in [9.17, 15) is 13.2 Å². The third kappa shape index (κ3) is 4.72. The Morgan fingerprint density at radius 2 is 2.00 bits per heavy atom. The largest absolute Gasteiger partial charge is 0.443 e. The molecular weight excluding hydrogens is 317 g/mol. The van der Waals surface area contributed by atoms with Crippen LogP contribution in [0, 0.1) is 0 Å². The molecule has 114 valence electrons. The predicted molar refractivity (Wildman–Crippen MR) is 80.7 cm³/mol. The number of hydrogen-bond acceptors (Lipinski definition) is 4. The molecule has 1 N–H and O–H groups in total. The summed E-state index contributed by atoms with van der Waals surface area (Å²) in [5.74, 6) is 0.664. The van der Waals surface area contributed by atoms with Crippen LogP contribution in [0.1, 0.15) is 22.9 Å². The molecule has 1 atom stereocenters. The first-order valence-corrected chi connectivity index (χ1v) is 8.25. The van der Waals surface area contributed by atoms with E-state index in [1.807, 2.05) is 37.3 Å². The highest BCUT2D eigenvalue weighted by Gasteiger charge is 2.35. The van der Waals surface area contributed by atoms with E-state index >= 15 is 0 Å². The number of hydrogen-bond donors (Lipinski definition) is 1. The van der Waals surface area contributed by atoms with Crippen LogP contribution >= 0.6 is 23.1 Å². The highest BCUT2D eigenvalue weighted by atomic mass is 32.2. The summed E-state index contributed by atoms with van der Waals surface area (Å²) in [4.78, 5) is 5.21. The second-order valence-electron chi connectivity index (χ2n) is 4.30. The molecule has 0 fully saturated rings. The van der Waals surface area contributed by atoms with Crippen LogP contribution in [0.25, 0.3) is 0 Å². The average molecular weight is 332 g/mol. The van der Waals surface area contributed by atoms with E-state index in [0.29, 0.717) is 28.5 Å². The fourth-order valence-electron chi connectivity index (χ4n) is 1.76. The second kappa shape index (κ2) is 7.29. The summed E-state index contributed by atoms with van der Waals surface area (Å²) >= 11 is 2.33. The Morgan fingerprint density at radius 1 is 1.29 bits per heavy atom. The van der Waals surface area contributed by atoms with E-state index < -0.39 is 11.2 Å². The first kappa shape index (κ1) is 16.3. The SMILES string of the molecule is CCNC(CSc1ccccc1)c1cnc(C(F)(F)F)s1. The molecule has 2 rings (SSSR count). The van der Waals surface area contributed by atoms with Crippen LogP contribution in [0.5, 0.6) is 0 Å². The van der Waals surface area contributed by atoms with Crippen molar-refractivity contribution in [3.05, 3.63) is 46.4 Å². The molecule has 0 aliphatic carbocycles. The molecule has 0 spiro atoms. The molecule has 0 amide bonds. The Kier molecular flexibility index (Phi) is 5.66. The van der Waals surface area contributed by atoms with Crippen molar-refractivity contribution in [2.75, 3.05) is 12.3 Å². The Hall–Kier alpha value is -1.05. The molecule has 2 nitrogen and oxygen atoms in total. The van der Waals surface area contributed by atoms with Gasteiger partial charge in [-0.25, -0.2) is 4.98 Å². The number of nitrogens with one attached hydrogen (secondary N) is 1. The number of aromatic nitrogens is 1. The summed E-state index contributed by atoms with van der Waals surface area (Å²) in [5.41, 5.74) is 0. The highest BCUT2D eigenvalue weighted by molar-refractivity contribution is 7.99. The minimum atomic E-state index is -4.37. The van der Waals surface area contributed by atoms with E-state index in [1.54, 1.807) is 11.8 Å². The van der Waals surface area contributed by atoms with Gasteiger partial charge in [0.2, 0.25) is 0 Å². The maximum Gasteiger partial charge on any atom is 0.443 e. The molecular formula is C14H15F3N2S2. The number of benzene rings is 1. The number of rotatable bonds is 6. The first-order chi connectivity index (χ1) is 10.0. The molecule has 2 aromatic rings. The first-order valence-electron chi connectivity index (χ1n) is 6.45. The average Bonchev–Trinajstić information content (AvgIpc) is 2.94. The third-order valence-electron chi connectivity index (χ3n) is 2.72. The zero-order chi connectivity index (χ0) is 15.3. The van der Waals surface area contributed by atoms with Crippen molar-refractivity contribution in [3.8, 4) is 0 Å². The van der Waals surface area contributed by atoms with E-state index in [4.69, 9.17) is 0 Å². The van der Waals surface area contributed by atoms with Gasteiger partial charge in [-0.2, -0.15) is 13.2 Å². The number of nitrogens with zero attached hydrogens (tertiary/aromatic N) is 1. The summed E-state index contributed by atoms with van der Waals surface area (Å²) in [6.07, 6.45) is -3.04. The summed E-state index contributed by atoms with van der Waals surface area (Å²) < 4.78 is 37.9. The lowest BCUT2D eigenvalue weighted by Gasteiger charge is -2.15. The Morgan fingerprint density at radius 3 is 2.57 bits per heavy atom. The van der Waals surface area contributed by atoms with Crippen LogP contribution in [0.4, 0.5) is 13.2 Å². The predicted octanol–water partition coefficient (Wildman–Crippen LogP) is 4.60. The van der Waals surface area contributed by atoms with Crippen molar-refractivity contribution in [1.82, 2.24) is 10.3 Å². The van der Waals surface area contributed by atoms with Gasteiger partial charge in [-0.1, -0.05) is 25.1 Å². The van der Waals surface area contributed by atoms with Crippen LogP contribution < -0.4 is 5.32 Å². The second-order valence-corrected chi connectivity index (χ2v) is 6.46.